The number of nitrogens with zero attached hydrogens (tertiary/aromatic N) is 6. The molecule has 0 spiro atoms. The Morgan fingerprint density at radius 3 is 2.39 bits per heavy atom. The molecule has 12 heteroatoms. The third kappa shape index (κ3) is 5.42. The maximum atomic E-state index is 12.9. The highest BCUT2D eigenvalue weighted by Gasteiger charge is 2.32. The van der Waals surface area contributed by atoms with Gasteiger partial charge in [-0.15, -0.1) is 0 Å². The summed E-state index contributed by atoms with van der Waals surface area (Å²) in [5.74, 6) is 1.34. The van der Waals surface area contributed by atoms with Crippen molar-refractivity contribution >= 4 is 35.0 Å². The molecular weight excluding hydrogens is 457 g/mol. The van der Waals surface area contributed by atoms with Crippen LogP contribution in [-0.2, 0) is 6.18 Å². The lowest BCUT2D eigenvalue weighted by Gasteiger charge is -2.38. The summed E-state index contributed by atoms with van der Waals surface area (Å²) in [6.45, 7) is 4.29. The van der Waals surface area contributed by atoms with Gasteiger partial charge in [0.2, 0.25) is 11.9 Å². The van der Waals surface area contributed by atoms with E-state index in [1.807, 2.05) is 42.2 Å². The van der Waals surface area contributed by atoms with E-state index in [9.17, 15) is 13.2 Å². The summed E-state index contributed by atoms with van der Waals surface area (Å²) in [6, 6.07) is 10.2. The maximum Gasteiger partial charge on any atom is 0.417 e. The van der Waals surface area contributed by atoms with Crippen molar-refractivity contribution in [2.45, 2.75) is 19.1 Å². The van der Waals surface area contributed by atoms with Gasteiger partial charge in [-0.1, -0.05) is 29.8 Å². The van der Waals surface area contributed by atoms with Gasteiger partial charge >= 0.3 is 6.18 Å². The van der Waals surface area contributed by atoms with E-state index in [1.165, 1.54) is 0 Å². The van der Waals surface area contributed by atoms with E-state index in [0.29, 0.717) is 43.8 Å². The highest BCUT2D eigenvalue weighted by Crippen LogP contribution is 2.34. The number of halogens is 4. The molecule has 1 fully saturated rings. The fraction of sp³-hybridized carbons (Fsp3) is 0.333. The molecule has 0 unspecified atom stereocenters. The molecule has 1 aromatic carbocycles. The zero-order valence-corrected chi connectivity index (χ0v) is 18.5. The Morgan fingerprint density at radius 2 is 1.76 bits per heavy atom. The van der Waals surface area contributed by atoms with Crippen LogP contribution in [0, 0.1) is 0 Å². The number of hydrogen-bond donors (Lipinski definition) is 2. The molecule has 0 amide bonds. The van der Waals surface area contributed by atoms with Crippen molar-refractivity contribution in [3.8, 4) is 0 Å². The predicted octanol–water partition coefficient (Wildman–Crippen LogP) is 4.15. The lowest BCUT2D eigenvalue weighted by atomic mass is 10.2. The smallest absolute Gasteiger partial charge is 0.368 e. The second-order valence-corrected chi connectivity index (χ2v) is 8.00. The molecule has 8 nitrogen and oxygen atoms in total. The Morgan fingerprint density at radius 1 is 1.06 bits per heavy atom. The van der Waals surface area contributed by atoms with Gasteiger partial charge in [0.25, 0.3) is 0 Å². The van der Waals surface area contributed by atoms with Crippen LogP contribution in [0.25, 0.3) is 0 Å². The van der Waals surface area contributed by atoms with Gasteiger partial charge in [-0.2, -0.15) is 28.1 Å². The van der Waals surface area contributed by atoms with Crippen LogP contribution in [0.15, 0.2) is 42.6 Å². The third-order valence-electron chi connectivity index (χ3n) is 5.38. The molecule has 3 aromatic rings. The fourth-order valence-electron chi connectivity index (χ4n) is 3.61. The zero-order chi connectivity index (χ0) is 23.6. The number of nitrogens with one attached hydrogen (secondary N) is 1. The van der Waals surface area contributed by atoms with Gasteiger partial charge in [0.1, 0.15) is 5.82 Å². The van der Waals surface area contributed by atoms with Crippen LogP contribution in [0.5, 0.6) is 0 Å². The number of aromatic nitrogens is 4. The molecule has 33 heavy (non-hydrogen) atoms. The number of benzene rings is 1. The first kappa shape index (κ1) is 23.0. The second-order valence-electron chi connectivity index (χ2n) is 7.59. The summed E-state index contributed by atoms with van der Waals surface area (Å²) < 4.78 is 38.6. The van der Waals surface area contributed by atoms with Crippen LogP contribution >= 0.6 is 11.6 Å². The van der Waals surface area contributed by atoms with Gasteiger partial charge < -0.3 is 16.0 Å². The molecular formula is C21H22ClF3N8. The SMILES string of the molecule is C[C@H](c1nc(N)nc(Nc2ccccc2)n1)N1CCN(c2ncc(C(F)(F)F)cc2Cl)CC1. The van der Waals surface area contributed by atoms with Crippen molar-refractivity contribution in [1.82, 2.24) is 24.8 Å². The summed E-state index contributed by atoms with van der Waals surface area (Å²) in [7, 11) is 0. The van der Waals surface area contributed by atoms with E-state index in [2.05, 4.69) is 30.2 Å². The Labute approximate surface area is 193 Å². The minimum atomic E-state index is -4.48. The van der Waals surface area contributed by atoms with Gasteiger partial charge in [0.05, 0.1) is 16.6 Å². The molecule has 4 rings (SSSR count). The van der Waals surface area contributed by atoms with Gasteiger partial charge in [-0.25, -0.2) is 4.98 Å². The third-order valence-corrected chi connectivity index (χ3v) is 5.66. The van der Waals surface area contributed by atoms with Crippen LogP contribution in [0.4, 0.5) is 36.6 Å². The Balaban J connectivity index is 1.43. The second kappa shape index (κ2) is 9.36. The minimum Gasteiger partial charge on any atom is -0.368 e. The van der Waals surface area contributed by atoms with Crippen molar-refractivity contribution in [3.63, 3.8) is 0 Å². The van der Waals surface area contributed by atoms with Crippen LogP contribution in [0.2, 0.25) is 5.02 Å². The Kier molecular flexibility index (Phi) is 6.52. The van der Waals surface area contributed by atoms with E-state index in [4.69, 9.17) is 17.3 Å². The number of nitrogen functional groups attached to an aromatic ring is 1. The first-order valence-corrected chi connectivity index (χ1v) is 10.6. The molecule has 1 atom stereocenters. The number of rotatable bonds is 5. The molecule has 0 bridgehead atoms. The van der Waals surface area contributed by atoms with Gasteiger partial charge in [-0.05, 0) is 25.1 Å². The number of alkyl halides is 3. The van der Waals surface area contributed by atoms with Crippen LogP contribution in [-0.4, -0.2) is 51.0 Å². The summed E-state index contributed by atoms with van der Waals surface area (Å²) >= 11 is 6.10. The fourth-order valence-corrected chi connectivity index (χ4v) is 3.89. The predicted molar refractivity (Wildman–Crippen MR) is 120 cm³/mol. The van der Waals surface area contributed by atoms with E-state index >= 15 is 0 Å². The van der Waals surface area contributed by atoms with Gasteiger partial charge in [0, 0.05) is 38.1 Å². The summed E-state index contributed by atoms with van der Waals surface area (Å²) in [5, 5.41) is 3.10. The lowest BCUT2D eigenvalue weighted by Crippen LogP contribution is -2.47. The van der Waals surface area contributed by atoms with Crippen molar-refractivity contribution in [1.29, 1.82) is 0 Å². The number of pyridine rings is 1. The number of piperazine rings is 1. The number of anilines is 4. The largest absolute Gasteiger partial charge is 0.417 e. The normalized spacial score (nSPS) is 16.0. The molecule has 3 heterocycles. The quantitative estimate of drug-likeness (QED) is 0.564. The summed E-state index contributed by atoms with van der Waals surface area (Å²) in [6.07, 6.45) is -3.67. The average molecular weight is 479 g/mol. The highest BCUT2D eigenvalue weighted by molar-refractivity contribution is 6.33. The molecule has 1 aliphatic rings. The molecule has 3 N–H and O–H groups in total. The maximum absolute atomic E-state index is 12.9. The van der Waals surface area contributed by atoms with E-state index < -0.39 is 11.7 Å². The van der Waals surface area contributed by atoms with Crippen molar-refractivity contribution in [2.24, 2.45) is 0 Å². The standard InChI is InChI=1S/C21H22ClF3N8/c1-13(17-29-19(26)31-20(30-17)28-15-5-3-2-4-6-15)32-7-9-33(10-8-32)18-16(22)11-14(12-27-18)21(23,24)25/h2-6,11-13H,7-10H2,1H3,(H3,26,28,29,30,31)/t13-/m1/s1. The van der Waals surface area contributed by atoms with Gasteiger partial charge in [-0.3, -0.25) is 4.90 Å². The molecule has 2 aromatic heterocycles. The monoisotopic (exact) mass is 478 g/mol. The van der Waals surface area contributed by atoms with E-state index in [-0.39, 0.29) is 17.0 Å². The molecule has 0 aliphatic carbocycles. The Bertz CT molecular complexity index is 1100. The van der Waals surface area contributed by atoms with Crippen molar-refractivity contribution in [3.05, 3.63) is 59.0 Å². The molecule has 174 valence electrons. The topological polar surface area (TPSA) is 96.1 Å². The number of para-hydroxylation sites is 1. The average Bonchev–Trinajstić information content (AvgIpc) is 2.78. The van der Waals surface area contributed by atoms with Crippen molar-refractivity contribution < 1.29 is 13.2 Å². The van der Waals surface area contributed by atoms with Crippen molar-refractivity contribution in [2.75, 3.05) is 42.1 Å². The minimum absolute atomic E-state index is 0.0202. The van der Waals surface area contributed by atoms with Gasteiger partial charge in [0.15, 0.2) is 5.82 Å². The number of hydrogen-bond acceptors (Lipinski definition) is 8. The molecule has 1 saturated heterocycles. The molecule has 0 saturated carbocycles. The Hall–Kier alpha value is -3.18. The first-order chi connectivity index (χ1) is 15.7. The zero-order valence-electron chi connectivity index (χ0n) is 17.7. The summed E-state index contributed by atoms with van der Waals surface area (Å²) in [5.41, 5.74) is 5.87. The lowest BCUT2D eigenvalue weighted by molar-refractivity contribution is -0.137. The molecule has 1 aliphatic heterocycles. The number of nitrogens with two attached hydrogens (primary N) is 1. The highest BCUT2D eigenvalue weighted by atomic mass is 35.5. The van der Waals surface area contributed by atoms with Crippen LogP contribution in [0.1, 0.15) is 24.4 Å². The molecule has 0 radical (unpaired) electrons. The van der Waals surface area contributed by atoms with Crippen LogP contribution in [0.3, 0.4) is 0 Å². The summed E-state index contributed by atoms with van der Waals surface area (Å²) in [4.78, 5) is 21.0. The van der Waals surface area contributed by atoms with E-state index in [1.54, 1.807) is 0 Å². The van der Waals surface area contributed by atoms with E-state index in [0.717, 1.165) is 18.0 Å². The van der Waals surface area contributed by atoms with Crippen LogP contribution < -0.4 is 16.0 Å². The first-order valence-electron chi connectivity index (χ1n) is 10.3.